The monoisotopic (exact) mass is 305 g/mol. The summed E-state index contributed by atoms with van der Waals surface area (Å²) in [7, 11) is 1.84. The van der Waals surface area contributed by atoms with Crippen LogP contribution in [0.4, 0.5) is 0 Å². The molecule has 2 rings (SSSR count). The number of hydrogen-bond acceptors (Lipinski definition) is 2. The highest BCUT2D eigenvalue weighted by Gasteiger charge is 2.29. The number of benzene rings is 1. The molecule has 1 aromatic carbocycles. The van der Waals surface area contributed by atoms with Crippen LogP contribution >= 0.6 is 11.8 Å². The Balaban J connectivity index is 1.71. The average molecular weight is 305 g/mol. The molecule has 3 nitrogen and oxygen atoms in total. The maximum Gasteiger partial charge on any atom is 0.191 e. The maximum absolute atomic E-state index is 4.31. The fourth-order valence-corrected chi connectivity index (χ4v) is 3.79. The van der Waals surface area contributed by atoms with E-state index in [1.165, 1.54) is 29.7 Å². The molecule has 0 saturated carbocycles. The van der Waals surface area contributed by atoms with Crippen LogP contribution in [0.25, 0.3) is 0 Å². The molecule has 1 unspecified atom stereocenters. The van der Waals surface area contributed by atoms with E-state index >= 15 is 0 Å². The van der Waals surface area contributed by atoms with E-state index in [9.17, 15) is 0 Å². The summed E-state index contributed by atoms with van der Waals surface area (Å²) in [5, 5.41) is 6.87. The molecule has 0 amide bonds. The molecule has 1 aromatic rings. The molecule has 21 heavy (non-hydrogen) atoms. The zero-order valence-electron chi connectivity index (χ0n) is 13.4. The van der Waals surface area contributed by atoms with Crippen LogP contribution in [0.15, 0.2) is 29.3 Å². The SMILES string of the molecule is CN=C(NCCc1ccc(C)cc1)NCC1(C)CCCS1. The molecular weight excluding hydrogens is 278 g/mol. The van der Waals surface area contributed by atoms with E-state index in [1.54, 1.807) is 0 Å². The zero-order valence-corrected chi connectivity index (χ0v) is 14.2. The molecule has 0 radical (unpaired) electrons. The van der Waals surface area contributed by atoms with Gasteiger partial charge in [0.1, 0.15) is 0 Å². The topological polar surface area (TPSA) is 36.4 Å². The van der Waals surface area contributed by atoms with Gasteiger partial charge in [-0.3, -0.25) is 4.99 Å². The fraction of sp³-hybridized carbons (Fsp3) is 0.588. The van der Waals surface area contributed by atoms with Crippen molar-refractivity contribution < 1.29 is 0 Å². The first-order chi connectivity index (χ1) is 10.1. The Kier molecular flexibility index (Phi) is 5.97. The molecule has 0 aliphatic carbocycles. The highest BCUT2D eigenvalue weighted by molar-refractivity contribution is 8.00. The number of aryl methyl sites for hydroxylation is 1. The summed E-state index contributed by atoms with van der Waals surface area (Å²) < 4.78 is 0.370. The Hall–Kier alpha value is -1.16. The second-order valence-electron chi connectivity index (χ2n) is 5.99. The van der Waals surface area contributed by atoms with E-state index in [1.807, 2.05) is 7.05 Å². The minimum Gasteiger partial charge on any atom is -0.356 e. The molecule has 0 bridgehead atoms. The number of hydrogen-bond donors (Lipinski definition) is 2. The first-order valence-electron chi connectivity index (χ1n) is 7.75. The van der Waals surface area contributed by atoms with Gasteiger partial charge in [-0.1, -0.05) is 29.8 Å². The van der Waals surface area contributed by atoms with E-state index in [-0.39, 0.29) is 0 Å². The van der Waals surface area contributed by atoms with Gasteiger partial charge in [-0.15, -0.1) is 0 Å². The lowest BCUT2D eigenvalue weighted by Crippen LogP contribution is -2.44. The molecule has 2 N–H and O–H groups in total. The minimum atomic E-state index is 0.370. The Morgan fingerprint density at radius 1 is 1.29 bits per heavy atom. The summed E-state index contributed by atoms with van der Waals surface area (Å²) in [6, 6.07) is 8.73. The van der Waals surface area contributed by atoms with Crippen LogP contribution in [0.3, 0.4) is 0 Å². The highest BCUT2D eigenvalue weighted by Crippen LogP contribution is 2.36. The van der Waals surface area contributed by atoms with E-state index in [4.69, 9.17) is 0 Å². The fourth-order valence-electron chi connectivity index (χ4n) is 2.55. The summed E-state index contributed by atoms with van der Waals surface area (Å²) in [6.07, 6.45) is 3.65. The second-order valence-corrected chi connectivity index (χ2v) is 7.67. The van der Waals surface area contributed by atoms with Crippen molar-refractivity contribution in [3.63, 3.8) is 0 Å². The molecule has 1 atom stereocenters. The molecule has 1 fully saturated rings. The van der Waals surface area contributed by atoms with Crippen molar-refractivity contribution >= 4 is 17.7 Å². The lowest BCUT2D eigenvalue weighted by atomic mass is 10.1. The van der Waals surface area contributed by atoms with Crippen molar-refractivity contribution in [3.8, 4) is 0 Å². The van der Waals surface area contributed by atoms with Crippen LogP contribution in [0.5, 0.6) is 0 Å². The van der Waals surface area contributed by atoms with Crippen molar-refractivity contribution in [2.75, 3.05) is 25.9 Å². The summed E-state index contributed by atoms with van der Waals surface area (Å²) in [4.78, 5) is 4.31. The van der Waals surface area contributed by atoms with Crippen LogP contribution in [0.1, 0.15) is 30.9 Å². The third-order valence-electron chi connectivity index (χ3n) is 3.98. The van der Waals surface area contributed by atoms with Gasteiger partial charge < -0.3 is 10.6 Å². The quantitative estimate of drug-likeness (QED) is 0.648. The molecule has 1 saturated heterocycles. The maximum atomic E-state index is 4.31. The summed E-state index contributed by atoms with van der Waals surface area (Å²) in [5.41, 5.74) is 2.67. The van der Waals surface area contributed by atoms with Gasteiger partial charge in [-0.25, -0.2) is 0 Å². The molecule has 1 heterocycles. The van der Waals surface area contributed by atoms with E-state index in [0.29, 0.717) is 4.75 Å². The van der Waals surface area contributed by atoms with E-state index < -0.39 is 0 Å². The number of guanidine groups is 1. The Morgan fingerprint density at radius 2 is 2.05 bits per heavy atom. The smallest absolute Gasteiger partial charge is 0.191 e. The number of rotatable bonds is 5. The molecule has 116 valence electrons. The van der Waals surface area contributed by atoms with E-state index in [2.05, 4.69) is 65.5 Å². The zero-order chi connectivity index (χ0) is 15.1. The van der Waals surface area contributed by atoms with Gasteiger partial charge >= 0.3 is 0 Å². The molecule has 4 heteroatoms. The Bertz CT molecular complexity index is 461. The summed E-state index contributed by atoms with van der Waals surface area (Å²) >= 11 is 2.07. The number of nitrogens with one attached hydrogen (secondary N) is 2. The van der Waals surface area contributed by atoms with Gasteiger partial charge in [0.2, 0.25) is 0 Å². The predicted octanol–water partition coefficient (Wildman–Crippen LogP) is 2.99. The van der Waals surface area contributed by atoms with Gasteiger partial charge in [-0.2, -0.15) is 11.8 Å². The van der Waals surface area contributed by atoms with Crippen molar-refractivity contribution in [2.45, 2.75) is 37.9 Å². The summed E-state index contributed by atoms with van der Waals surface area (Å²) in [5.74, 6) is 2.20. The third kappa shape index (κ3) is 5.27. The lowest BCUT2D eigenvalue weighted by Gasteiger charge is -2.24. The van der Waals surface area contributed by atoms with Gasteiger partial charge in [0.05, 0.1) is 0 Å². The lowest BCUT2D eigenvalue weighted by molar-refractivity contribution is 0.584. The van der Waals surface area contributed by atoms with Gasteiger partial charge in [0.15, 0.2) is 5.96 Å². The first kappa shape index (κ1) is 16.2. The number of thioether (sulfide) groups is 1. The minimum absolute atomic E-state index is 0.370. The van der Waals surface area contributed by atoms with Crippen molar-refractivity contribution in [3.05, 3.63) is 35.4 Å². The average Bonchev–Trinajstić information content (AvgIpc) is 2.92. The molecule has 1 aliphatic heterocycles. The Morgan fingerprint density at radius 3 is 2.67 bits per heavy atom. The number of nitrogens with zero attached hydrogens (tertiary/aromatic N) is 1. The molecule has 0 spiro atoms. The summed E-state index contributed by atoms with van der Waals surface area (Å²) in [6.45, 7) is 6.36. The first-order valence-corrected chi connectivity index (χ1v) is 8.74. The normalized spacial score (nSPS) is 22.3. The van der Waals surface area contributed by atoms with Crippen LogP contribution in [-0.4, -0.2) is 36.6 Å². The van der Waals surface area contributed by atoms with Crippen LogP contribution < -0.4 is 10.6 Å². The number of aliphatic imine (C=N–C) groups is 1. The molecular formula is C17H27N3S. The Labute approximate surface area is 133 Å². The highest BCUT2D eigenvalue weighted by atomic mass is 32.2. The van der Waals surface area contributed by atoms with Gasteiger partial charge in [0.25, 0.3) is 0 Å². The van der Waals surface area contributed by atoms with Gasteiger partial charge in [-0.05, 0) is 44.4 Å². The van der Waals surface area contributed by atoms with Crippen molar-refractivity contribution in [2.24, 2.45) is 4.99 Å². The van der Waals surface area contributed by atoms with Crippen molar-refractivity contribution in [1.82, 2.24) is 10.6 Å². The molecule has 1 aliphatic rings. The van der Waals surface area contributed by atoms with Gasteiger partial charge in [0, 0.05) is 24.9 Å². The van der Waals surface area contributed by atoms with Crippen LogP contribution in [-0.2, 0) is 6.42 Å². The van der Waals surface area contributed by atoms with E-state index in [0.717, 1.165) is 25.5 Å². The largest absolute Gasteiger partial charge is 0.356 e. The van der Waals surface area contributed by atoms with Crippen molar-refractivity contribution in [1.29, 1.82) is 0 Å². The van der Waals surface area contributed by atoms with Crippen LogP contribution in [0.2, 0.25) is 0 Å². The third-order valence-corrected chi connectivity index (χ3v) is 5.52. The second kappa shape index (κ2) is 7.74. The van der Waals surface area contributed by atoms with Crippen LogP contribution in [0, 0.1) is 6.92 Å². The predicted molar refractivity (Wildman–Crippen MR) is 94.3 cm³/mol. The standard InChI is InChI=1S/C17H27N3S/c1-14-5-7-15(8-6-14)9-11-19-16(18-3)20-13-17(2)10-4-12-21-17/h5-8H,4,9-13H2,1-3H3,(H2,18,19,20). The molecule has 0 aromatic heterocycles.